The molecule has 106 valence electrons. The van der Waals surface area contributed by atoms with Gasteiger partial charge in [-0.3, -0.25) is 4.79 Å². The van der Waals surface area contributed by atoms with Gasteiger partial charge in [0.25, 0.3) is 0 Å². The predicted molar refractivity (Wildman–Crippen MR) is 77.2 cm³/mol. The van der Waals surface area contributed by atoms with E-state index in [1.807, 2.05) is 0 Å². The van der Waals surface area contributed by atoms with Crippen molar-refractivity contribution in [1.29, 1.82) is 0 Å². The Morgan fingerprint density at radius 1 is 1.26 bits per heavy atom. The standard InChI is InChI=1S/C15H21ClO3/c1-11(2)6-7-18-8-9-19-15-5-4-13(12(3)17)10-14(15)16/h4-5,10-11H,6-9H2,1-3H3. The van der Waals surface area contributed by atoms with Crippen molar-refractivity contribution in [3.8, 4) is 5.75 Å². The smallest absolute Gasteiger partial charge is 0.159 e. The van der Waals surface area contributed by atoms with Crippen LogP contribution < -0.4 is 4.74 Å². The van der Waals surface area contributed by atoms with Crippen LogP contribution in [0.15, 0.2) is 18.2 Å². The third kappa shape index (κ3) is 6.08. The number of hydrogen-bond donors (Lipinski definition) is 0. The van der Waals surface area contributed by atoms with Gasteiger partial charge in [0.2, 0.25) is 0 Å². The zero-order valence-electron chi connectivity index (χ0n) is 11.7. The van der Waals surface area contributed by atoms with Crippen LogP contribution in [0.25, 0.3) is 0 Å². The summed E-state index contributed by atoms with van der Waals surface area (Å²) in [5.74, 6) is 1.22. The first-order valence-corrected chi connectivity index (χ1v) is 6.89. The van der Waals surface area contributed by atoms with Gasteiger partial charge in [-0.05, 0) is 37.5 Å². The van der Waals surface area contributed by atoms with E-state index in [1.54, 1.807) is 18.2 Å². The van der Waals surface area contributed by atoms with Crippen LogP contribution in [0, 0.1) is 5.92 Å². The number of carbonyl (C=O) groups excluding carboxylic acids is 1. The molecule has 0 saturated heterocycles. The largest absolute Gasteiger partial charge is 0.490 e. The van der Waals surface area contributed by atoms with Gasteiger partial charge in [-0.2, -0.15) is 0 Å². The van der Waals surface area contributed by atoms with Crippen LogP contribution in [0.2, 0.25) is 5.02 Å². The summed E-state index contributed by atoms with van der Waals surface area (Å²) in [6.45, 7) is 7.58. The van der Waals surface area contributed by atoms with Crippen molar-refractivity contribution in [2.24, 2.45) is 5.92 Å². The van der Waals surface area contributed by atoms with E-state index in [0.29, 0.717) is 35.5 Å². The fourth-order valence-electron chi connectivity index (χ4n) is 1.47. The normalized spacial score (nSPS) is 10.8. The van der Waals surface area contributed by atoms with Gasteiger partial charge in [-0.25, -0.2) is 0 Å². The first kappa shape index (κ1) is 16.0. The maximum absolute atomic E-state index is 11.2. The highest BCUT2D eigenvalue weighted by Gasteiger charge is 2.05. The summed E-state index contributed by atoms with van der Waals surface area (Å²) in [5, 5.41) is 0.454. The number of ketones is 1. The molecule has 0 aromatic heterocycles. The monoisotopic (exact) mass is 284 g/mol. The average molecular weight is 285 g/mol. The van der Waals surface area contributed by atoms with Crippen LogP contribution in [0.3, 0.4) is 0 Å². The molecule has 0 saturated carbocycles. The van der Waals surface area contributed by atoms with Gasteiger partial charge in [0.1, 0.15) is 12.4 Å². The molecule has 0 aliphatic heterocycles. The molecular weight excluding hydrogens is 264 g/mol. The second kappa shape index (κ2) is 8.18. The first-order chi connectivity index (χ1) is 9.00. The van der Waals surface area contributed by atoms with Crippen LogP contribution in [0.1, 0.15) is 37.6 Å². The molecule has 0 N–H and O–H groups in total. The van der Waals surface area contributed by atoms with E-state index in [0.717, 1.165) is 13.0 Å². The summed E-state index contributed by atoms with van der Waals surface area (Å²) in [6.07, 6.45) is 1.05. The molecule has 4 heteroatoms. The molecule has 1 aromatic carbocycles. The van der Waals surface area contributed by atoms with E-state index < -0.39 is 0 Å². The number of hydrogen-bond acceptors (Lipinski definition) is 3. The Morgan fingerprint density at radius 2 is 2.00 bits per heavy atom. The summed E-state index contributed by atoms with van der Waals surface area (Å²) in [7, 11) is 0. The highest BCUT2D eigenvalue weighted by Crippen LogP contribution is 2.25. The third-order valence-electron chi connectivity index (χ3n) is 2.66. The van der Waals surface area contributed by atoms with Gasteiger partial charge in [0, 0.05) is 12.2 Å². The molecule has 0 heterocycles. The fourth-order valence-corrected chi connectivity index (χ4v) is 1.70. The number of carbonyl (C=O) groups is 1. The molecule has 0 atom stereocenters. The molecule has 0 aliphatic rings. The fraction of sp³-hybridized carbons (Fsp3) is 0.533. The molecule has 3 nitrogen and oxygen atoms in total. The van der Waals surface area contributed by atoms with Gasteiger partial charge in [-0.1, -0.05) is 25.4 Å². The topological polar surface area (TPSA) is 35.5 Å². The van der Waals surface area contributed by atoms with Crippen LogP contribution in [-0.2, 0) is 4.74 Å². The molecule has 0 unspecified atom stereocenters. The van der Waals surface area contributed by atoms with Crippen LogP contribution in [0.5, 0.6) is 5.75 Å². The highest BCUT2D eigenvalue weighted by atomic mass is 35.5. The van der Waals surface area contributed by atoms with Crippen LogP contribution >= 0.6 is 11.6 Å². The van der Waals surface area contributed by atoms with Gasteiger partial charge < -0.3 is 9.47 Å². The lowest BCUT2D eigenvalue weighted by Gasteiger charge is -2.10. The predicted octanol–water partition coefficient (Wildman–Crippen LogP) is 3.98. The Hall–Kier alpha value is -1.06. The van der Waals surface area contributed by atoms with E-state index >= 15 is 0 Å². The summed E-state index contributed by atoms with van der Waals surface area (Å²) in [4.78, 5) is 11.2. The maximum Gasteiger partial charge on any atom is 0.159 e. The highest BCUT2D eigenvalue weighted by molar-refractivity contribution is 6.32. The minimum absolute atomic E-state index is 0.00883. The summed E-state index contributed by atoms with van der Waals surface area (Å²) in [5.41, 5.74) is 0.588. The molecule has 0 bridgehead atoms. The number of halogens is 1. The number of benzene rings is 1. The van der Waals surface area contributed by atoms with Crippen molar-refractivity contribution in [2.75, 3.05) is 19.8 Å². The Bertz CT molecular complexity index is 416. The summed E-state index contributed by atoms with van der Waals surface area (Å²) < 4.78 is 11.0. The van der Waals surface area contributed by atoms with Crippen molar-refractivity contribution in [2.45, 2.75) is 27.2 Å². The van der Waals surface area contributed by atoms with Crippen molar-refractivity contribution in [1.82, 2.24) is 0 Å². The zero-order chi connectivity index (χ0) is 14.3. The minimum Gasteiger partial charge on any atom is -0.490 e. The lowest BCUT2D eigenvalue weighted by atomic mass is 10.1. The second-order valence-corrected chi connectivity index (χ2v) is 5.25. The second-order valence-electron chi connectivity index (χ2n) is 4.84. The average Bonchev–Trinajstić information content (AvgIpc) is 2.34. The number of rotatable bonds is 8. The van der Waals surface area contributed by atoms with Crippen molar-refractivity contribution < 1.29 is 14.3 Å². The van der Waals surface area contributed by atoms with Gasteiger partial charge in [-0.15, -0.1) is 0 Å². The van der Waals surface area contributed by atoms with Gasteiger partial charge in [0.05, 0.1) is 11.6 Å². The minimum atomic E-state index is -0.00883. The Morgan fingerprint density at radius 3 is 2.58 bits per heavy atom. The van der Waals surface area contributed by atoms with E-state index in [-0.39, 0.29) is 5.78 Å². The van der Waals surface area contributed by atoms with Gasteiger partial charge >= 0.3 is 0 Å². The number of Topliss-reactive ketones (excluding diaryl/α,β-unsaturated/α-hetero) is 1. The molecule has 0 aliphatic carbocycles. The lowest BCUT2D eigenvalue weighted by molar-refractivity contribution is 0.0925. The van der Waals surface area contributed by atoms with E-state index in [9.17, 15) is 4.79 Å². The molecule has 0 fully saturated rings. The summed E-state index contributed by atoms with van der Waals surface area (Å²) in [6, 6.07) is 5.05. The Kier molecular flexibility index (Phi) is 6.89. The quantitative estimate of drug-likeness (QED) is 0.535. The van der Waals surface area contributed by atoms with Crippen molar-refractivity contribution >= 4 is 17.4 Å². The molecule has 1 aromatic rings. The lowest BCUT2D eigenvalue weighted by Crippen LogP contribution is -2.09. The van der Waals surface area contributed by atoms with Gasteiger partial charge in [0.15, 0.2) is 5.78 Å². The molecule has 0 amide bonds. The summed E-state index contributed by atoms with van der Waals surface area (Å²) >= 11 is 6.04. The van der Waals surface area contributed by atoms with E-state index in [1.165, 1.54) is 6.92 Å². The van der Waals surface area contributed by atoms with Crippen LogP contribution in [0.4, 0.5) is 0 Å². The van der Waals surface area contributed by atoms with Crippen LogP contribution in [-0.4, -0.2) is 25.6 Å². The molecule has 0 spiro atoms. The Labute approximate surface area is 119 Å². The molecule has 19 heavy (non-hydrogen) atoms. The van der Waals surface area contributed by atoms with E-state index in [2.05, 4.69) is 13.8 Å². The molecule has 1 rings (SSSR count). The van der Waals surface area contributed by atoms with E-state index in [4.69, 9.17) is 21.1 Å². The molecular formula is C15H21ClO3. The SMILES string of the molecule is CC(=O)c1ccc(OCCOCCC(C)C)c(Cl)c1. The Balaban J connectivity index is 2.32. The first-order valence-electron chi connectivity index (χ1n) is 6.51. The third-order valence-corrected chi connectivity index (χ3v) is 2.96. The van der Waals surface area contributed by atoms with Crippen molar-refractivity contribution in [3.05, 3.63) is 28.8 Å². The zero-order valence-corrected chi connectivity index (χ0v) is 12.5. The van der Waals surface area contributed by atoms with Crippen molar-refractivity contribution in [3.63, 3.8) is 0 Å². The number of ether oxygens (including phenoxy) is 2. The maximum atomic E-state index is 11.2. The molecule has 0 radical (unpaired) electrons.